The quantitative estimate of drug-likeness (QED) is 0.703. The fourth-order valence-electron chi connectivity index (χ4n) is 1.89. The van der Waals surface area contributed by atoms with Crippen LogP contribution in [-0.2, 0) is 4.79 Å². The second-order valence-corrected chi connectivity index (χ2v) is 5.01. The summed E-state index contributed by atoms with van der Waals surface area (Å²) in [5, 5.41) is 0. The minimum atomic E-state index is -0.433. The predicted molar refractivity (Wildman–Crippen MR) is 64.7 cm³/mol. The molecule has 1 aliphatic rings. The number of carbonyl (C=O) groups is 1. The van der Waals surface area contributed by atoms with Gasteiger partial charge in [-0.1, -0.05) is 12.2 Å². The van der Waals surface area contributed by atoms with Crippen LogP contribution in [0.25, 0.3) is 0 Å². The van der Waals surface area contributed by atoms with Crippen molar-refractivity contribution in [3.05, 3.63) is 0 Å². The maximum atomic E-state index is 11.9. The van der Waals surface area contributed by atoms with E-state index in [2.05, 4.69) is 4.90 Å². The van der Waals surface area contributed by atoms with Gasteiger partial charge >= 0.3 is 0 Å². The van der Waals surface area contributed by atoms with Gasteiger partial charge < -0.3 is 10.6 Å². The monoisotopic (exact) mass is 229 g/mol. The first-order valence-electron chi connectivity index (χ1n) is 5.14. The smallest absolute Gasteiger partial charge is 0.242 e. The second-order valence-electron chi connectivity index (χ2n) is 4.49. The van der Waals surface area contributed by atoms with E-state index in [0.717, 1.165) is 19.6 Å². The van der Waals surface area contributed by atoms with Gasteiger partial charge in [0.05, 0.1) is 10.5 Å². The van der Waals surface area contributed by atoms with Crippen molar-refractivity contribution in [2.24, 2.45) is 5.73 Å². The summed E-state index contributed by atoms with van der Waals surface area (Å²) in [5.74, 6) is 0.164. The Morgan fingerprint density at radius 3 is 2.67 bits per heavy atom. The summed E-state index contributed by atoms with van der Waals surface area (Å²) in [6, 6.07) is 0. The van der Waals surface area contributed by atoms with Crippen LogP contribution < -0.4 is 5.73 Å². The lowest BCUT2D eigenvalue weighted by atomic mass is 9.97. The molecule has 1 amide bonds. The first-order chi connectivity index (χ1) is 6.85. The van der Waals surface area contributed by atoms with Crippen LogP contribution in [-0.4, -0.2) is 52.9 Å². The number of hydrogen-bond acceptors (Lipinski definition) is 3. The van der Waals surface area contributed by atoms with Gasteiger partial charge in [0.15, 0.2) is 0 Å². The molecule has 0 aromatic heterocycles. The van der Waals surface area contributed by atoms with Gasteiger partial charge in [0.2, 0.25) is 5.91 Å². The minimum Gasteiger partial charge on any atom is -0.393 e. The van der Waals surface area contributed by atoms with E-state index < -0.39 is 5.54 Å². The lowest BCUT2D eigenvalue weighted by Crippen LogP contribution is -2.62. The van der Waals surface area contributed by atoms with Gasteiger partial charge in [-0.05, 0) is 13.8 Å². The molecule has 1 rings (SSSR count). The lowest BCUT2D eigenvalue weighted by molar-refractivity contribution is -0.146. The molecule has 0 atom stereocenters. The highest BCUT2D eigenvalue weighted by atomic mass is 32.1. The van der Waals surface area contributed by atoms with Crippen molar-refractivity contribution in [3.63, 3.8) is 0 Å². The van der Waals surface area contributed by atoms with Gasteiger partial charge in [-0.3, -0.25) is 9.69 Å². The molecule has 86 valence electrons. The Labute approximate surface area is 96.4 Å². The van der Waals surface area contributed by atoms with Gasteiger partial charge in [-0.15, -0.1) is 0 Å². The Balaban J connectivity index is 2.65. The SMILES string of the molecule is CN1CCN(CCC(N)=S)C(C)(C)C1=O. The first-order valence-corrected chi connectivity index (χ1v) is 5.55. The summed E-state index contributed by atoms with van der Waals surface area (Å²) in [6.07, 6.45) is 0.676. The average molecular weight is 229 g/mol. The summed E-state index contributed by atoms with van der Waals surface area (Å²) < 4.78 is 0. The van der Waals surface area contributed by atoms with Crippen LogP contribution in [0.2, 0.25) is 0 Å². The van der Waals surface area contributed by atoms with Crippen LogP contribution in [0.15, 0.2) is 0 Å². The van der Waals surface area contributed by atoms with E-state index in [0.29, 0.717) is 11.4 Å². The van der Waals surface area contributed by atoms with E-state index in [1.54, 1.807) is 4.90 Å². The van der Waals surface area contributed by atoms with Gasteiger partial charge in [-0.25, -0.2) is 0 Å². The number of thiocarbonyl (C=S) groups is 1. The van der Waals surface area contributed by atoms with E-state index in [-0.39, 0.29) is 5.91 Å². The van der Waals surface area contributed by atoms with Crippen molar-refractivity contribution in [3.8, 4) is 0 Å². The van der Waals surface area contributed by atoms with Gasteiger partial charge in [0.1, 0.15) is 0 Å². The zero-order valence-electron chi connectivity index (χ0n) is 9.62. The predicted octanol–water partition coefficient (Wildman–Crippen LogP) is 0.215. The highest BCUT2D eigenvalue weighted by Gasteiger charge is 2.39. The third-order valence-electron chi connectivity index (χ3n) is 2.99. The van der Waals surface area contributed by atoms with Crippen molar-refractivity contribution in [1.82, 2.24) is 9.80 Å². The zero-order chi connectivity index (χ0) is 11.6. The molecule has 0 radical (unpaired) electrons. The zero-order valence-corrected chi connectivity index (χ0v) is 10.4. The van der Waals surface area contributed by atoms with E-state index in [4.69, 9.17) is 18.0 Å². The van der Waals surface area contributed by atoms with Gasteiger partial charge in [-0.2, -0.15) is 0 Å². The number of nitrogens with two attached hydrogens (primary N) is 1. The van der Waals surface area contributed by atoms with Crippen molar-refractivity contribution in [2.45, 2.75) is 25.8 Å². The molecule has 5 heteroatoms. The number of nitrogens with zero attached hydrogens (tertiary/aromatic N) is 2. The Kier molecular flexibility index (Phi) is 3.67. The molecule has 1 saturated heterocycles. The van der Waals surface area contributed by atoms with Crippen molar-refractivity contribution in [2.75, 3.05) is 26.7 Å². The molecule has 15 heavy (non-hydrogen) atoms. The molecule has 1 aliphatic heterocycles. The number of amides is 1. The lowest BCUT2D eigenvalue weighted by Gasteiger charge is -2.44. The molecule has 1 fully saturated rings. The Morgan fingerprint density at radius 1 is 1.53 bits per heavy atom. The van der Waals surface area contributed by atoms with Gasteiger partial charge in [0.25, 0.3) is 0 Å². The summed E-state index contributed by atoms with van der Waals surface area (Å²) in [5.41, 5.74) is 5.04. The average Bonchev–Trinajstić information content (AvgIpc) is 2.13. The van der Waals surface area contributed by atoms with Crippen LogP contribution in [0, 0.1) is 0 Å². The normalized spacial score (nSPS) is 21.8. The number of carbonyl (C=O) groups excluding carboxylic acids is 1. The van der Waals surface area contributed by atoms with Crippen LogP contribution in [0.4, 0.5) is 0 Å². The number of likely N-dealkylation sites (N-methyl/N-ethyl adjacent to an activating group) is 1. The molecule has 0 spiro atoms. The summed E-state index contributed by atoms with van der Waals surface area (Å²) >= 11 is 4.85. The molecule has 0 unspecified atom stereocenters. The fraction of sp³-hybridized carbons (Fsp3) is 0.800. The third-order valence-corrected chi connectivity index (χ3v) is 3.20. The number of piperazine rings is 1. The number of hydrogen-bond donors (Lipinski definition) is 1. The van der Waals surface area contributed by atoms with Crippen molar-refractivity contribution in [1.29, 1.82) is 0 Å². The molecule has 4 nitrogen and oxygen atoms in total. The molecule has 0 aromatic rings. The Bertz CT molecular complexity index is 278. The number of rotatable bonds is 3. The highest BCUT2D eigenvalue weighted by Crippen LogP contribution is 2.21. The van der Waals surface area contributed by atoms with Crippen LogP contribution in [0.5, 0.6) is 0 Å². The van der Waals surface area contributed by atoms with Crippen LogP contribution >= 0.6 is 12.2 Å². The van der Waals surface area contributed by atoms with E-state index in [1.807, 2.05) is 20.9 Å². The molecular formula is C10H19N3OS. The molecular weight excluding hydrogens is 210 g/mol. The topological polar surface area (TPSA) is 49.6 Å². The first kappa shape index (κ1) is 12.4. The summed E-state index contributed by atoms with van der Waals surface area (Å²) in [4.78, 5) is 16.4. The maximum Gasteiger partial charge on any atom is 0.242 e. The summed E-state index contributed by atoms with van der Waals surface area (Å²) in [6.45, 7) is 6.33. The Hall–Kier alpha value is -0.680. The highest BCUT2D eigenvalue weighted by molar-refractivity contribution is 7.80. The standard InChI is InChI=1S/C10H19N3OS/c1-10(2)9(14)12(3)6-7-13(10)5-4-8(11)15/h4-7H2,1-3H3,(H2,11,15). The van der Waals surface area contributed by atoms with E-state index in [1.165, 1.54) is 0 Å². The second kappa shape index (κ2) is 4.45. The fourth-order valence-corrected chi connectivity index (χ4v) is 1.98. The maximum absolute atomic E-state index is 11.9. The van der Waals surface area contributed by atoms with E-state index in [9.17, 15) is 4.79 Å². The summed E-state index contributed by atoms with van der Waals surface area (Å²) in [7, 11) is 1.84. The Morgan fingerprint density at radius 2 is 2.13 bits per heavy atom. The van der Waals surface area contributed by atoms with Gasteiger partial charge in [0, 0.05) is 33.1 Å². The third kappa shape index (κ3) is 2.66. The molecule has 0 bridgehead atoms. The molecule has 1 heterocycles. The van der Waals surface area contributed by atoms with Crippen molar-refractivity contribution < 1.29 is 4.79 Å². The minimum absolute atomic E-state index is 0.164. The molecule has 0 aliphatic carbocycles. The van der Waals surface area contributed by atoms with Crippen LogP contribution in [0.3, 0.4) is 0 Å². The largest absolute Gasteiger partial charge is 0.393 e. The van der Waals surface area contributed by atoms with E-state index >= 15 is 0 Å². The van der Waals surface area contributed by atoms with Crippen molar-refractivity contribution >= 4 is 23.1 Å². The molecule has 2 N–H and O–H groups in total. The molecule has 0 saturated carbocycles. The molecule has 0 aromatic carbocycles. The van der Waals surface area contributed by atoms with Crippen LogP contribution in [0.1, 0.15) is 20.3 Å².